The molecule has 5 nitrogen and oxygen atoms in total. The molecular weight excluding hydrogens is 528 g/mol. The molecule has 0 radical (unpaired) electrons. The Balaban J connectivity index is 2.21. The third kappa shape index (κ3) is 18.7. The quantitative estimate of drug-likeness (QED) is 0.0816. The van der Waals surface area contributed by atoms with Crippen LogP contribution in [0, 0.1) is 0 Å². The smallest absolute Gasteiger partial charge is 0.160 e. The number of rotatable bonds is 25. The average Bonchev–Trinajstić information content (AvgIpc) is 2.93. The monoisotopic (exact) mass is 588 g/mol. The number of aliphatic hydroxyl groups excluding tert-OH is 2. The zero-order valence-electron chi connectivity index (χ0n) is 25.2. The standard InChI is InChI=1S/C32H60O5S2/c1-3-5-7-9-11-13-15-17-19-21-23-29(38)36-28-26-35-27(25-33)32(31(28)34)37-30(39)24-22-20-18-16-14-12-10-8-6-4-2/h27-28,31-34H,3-26H2,1-2H3/t27-,28+,31-,32-/m1/s1. The molecule has 0 aromatic carbocycles. The van der Waals surface area contributed by atoms with E-state index >= 15 is 0 Å². The van der Waals surface area contributed by atoms with Gasteiger partial charge in [0.05, 0.1) is 13.2 Å². The molecule has 1 heterocycles. The van der Waals surface area contributed by atoms with E-state index in [0.29, 0.717) is 22.9 Å². The van der Waals surface area contributed by atoms with Gasteiger partial charge in [0.15, 0.2) is 22.3 Å². The molecule has 1 aliphatic heterocycles. The van der Waals surface area contributed by atoms with Gasteiger partial charge in [-0.25, -0.2) is 0 Å². The van der Waals surface area contributed by atoms with Crippen molar-refractivity contribution in [3.05, 3.63) is 0 Å². The van der Waals surface area contributed by atoms with Gasteiger partial charge in [-0.1, -0.05) is 129 Å². The van der Waals surface area contributed by atoms with Crippen LogP contribution in [-0.2, 0) is 14.2 Å². The Bertz CT molecular complexity index is 603. The summed E-state index contributed by atoms with van der Waals surface area (Å²) in [6.45, 7) is 4.44. The van der Waals surface area contributed by atoms with E-state index in [0.717, 1.165) is 25.7 Å². The maximum absolute atomic E-state index is 11.0. The van der Waals surface area contributed by atoms with Crippen LogP contribution in [0.3, 0.4) is 0 Å². The van der Waals surface area contributed by atoms with E-state index in [1.165, 1.54) is 103 Å². The summed E-state index contributed by atoms with van der Waals surface area (Å²) in [7, 11) is 0. The molecule has 0 aromatic heterocycles. The van der Waals surface area contributed by atoms with Crippen molar-refractivity contribution < 1.29 is 24.4 Å². The van der Waals surface area contributed by atoms with Crippen molar-refractivity contribution in [3.8, 4) is 0 Å². The van der Waals surface area contributed by atoms with Crippen LogP contribution in [0.15, 0.2) is 0 Å². The third-order valence-electron chi connectivity index (χ3n) is 7.76. The fourth-order valence-electron chi connectivity index (χ4n) is 5.20. The summed E-state index contributed by atoms with van der Waals surface area (Å²) in [5, 5.41) is 21.7. The highest BCUT2D eigenvalue weighted by Crippen LogP contribution is 2.23. The van der Waals surface area contributed by atoms with Crippen molar-refractivity contribution >= 4 is 34.5 Å². The van der Waals surface area contributed by atoms with Crippen molar-refractivity contribution in [2.75, 3.05) is 13.2 Å². The summed E-state index contributed by atoms with van der Waals surface area (Å²) in [5.74, 6) is 0. The lowest BCUT2D eigenvalue weighted by atomic mass is 10.00. The number of hydrogen-bond acceptors (Lipinski definition) is 7. The van der Waals surface area contributed by atoms with Gasteiger partial charge in [0, 0.05) is 12.8 Å². The van der Waals surface area contributed by atoms with E-state index < -0.39 is 24.4 Å². The van der Waals surface area contributed by atoms with Crippen LogP contribution in [0.25, 0.3) is 0 Å². The van der Waals surface area contributed by atoms with Gasteiger partial charge in [0.25, 0.3) is 0 Å². The zero-order valence-corrected chi connectivity index (χ0v) is 26.8. The molecule has 230 valence electrons. The molecule has 1 aliphatic rings. The molecular formula is C32H60O5S2. The lowest BCUT2D eigenvalue weighted by Gasteiger charge is -2.39. The molecule has 2 N–H and O–H groups in total. The highest BCUT2D eigenvalue weighted by Gasteiger charge is 2.42. The Hall–Kier alpha value is -0.340. The van der Waals surface area contributed by atoms with Crippen molar-refractivity contribution in [2.24, 2.45) is 0 Å². The molecule has 0 aromatic rings. The van der Waals surface area contributed by atoms with Gasteiger partial charge in [-0.2, -0.15) is 0 Å². The second kappa shape index (κ2) is 25.4. The maximum atomic E-state index is 11.0. The van der Waals surface area contributed by atoms with Crippen molar-refractivity contribution in [1.29, 1.82) is 0 Å². The molecule has 0 unspecified atom stereocenters. The number of hydrogen-bond donors (Lipinski definition) is 2. The van der Waals surface area contributed by atoms with Gasteiger partial charge in [-0.15, -0.1) is 0 Å². The Morgan fingerprint density at radius 1 is 0.641 bits per heavy atom. The second-order valence-electron chi connectivity index (χ2n) is 11.4. The second-order valence-corrected chi connectivity index (χ2v) is 12.3. The average molecular weight is 589 g/mol. The van der Waals surface area contributed by atoms with E-state index in [4.69, 9.17) is 38.6 Å². The van der Waals surface area contributed by atoms with Crippen LogP contribution in [0.2, 0.25) is 0 Å². The van der Waals surface area contributed by atoms with E-state index in [1.807, 2.05) is 0 Å². The summed E-state index contributed by atoms with van der Waals surface area (Å²) < 4.78 is 17.6. The minimum Gasteiger partial charge on any atom is -0.479 e. The minimum atomic E-state index is -0.952. The first-order valence-electron chi connectivity index (χ1n) is 16.3. The molecule has 0 spiro atoms. The summed E-state index contributed by atoms with van der Waals surface area (Å²) >= 11 is 10.9. The Morgan fingerprint density at radius 2 is 1.03 bits per heavy atom. The Labute approximate surface area is 251 Å². The lowest BCUT2D eigenvalue weighted by Crippen LogP contribution is -2.56. The molecule has 1 rings (SSSR count). The number of unbranched alkanes of at least 4 members (excludes halogenated alkanes) is 18. The molecule has 4 atom stereocenters. The lowest BCUT2D eigenvalue weighted by molar-refractivity contribution is -0.186. The van der Waals surface area contributed by atoms with Crippen LogP contribution >= 0.6 is 24.4 Å². The predicted molar refractivity (Wildman–Crippen MR) is 171 cm³/mol. The van der Waals surface area contributed by atoms with Gasteiger partial charge in [-0.05, 0) is 37.3 Å². The summed E-state index contributed by atoms with van der Waals surface area (Å²) in [6.07, 6.45) is 23.8. The number of aliphatic hydroxyl groups is 2. The molecule has 39 heavy (non-hydrogen) atoms. The van der Waals surface area contributed by atoms with Crippen LogP contribution in [-0.4, -0.2) is 57.9 Å². The SMILES string of the molecule is CCCCCCCCCCCCC(=S)O[C@H]1[C@H](O)[C@@H](OC(=S)CCCCCCCCCCCC)CO[C@@H]1CO. The highest BCUT2D eigenvalue weighted by molar-refractivity contribution is 7.80. The first-order chi connectivity index (χ1) is 19.0. The van der Waals surface area contributed by atoms with Gasteiger partial charge in [0.2, 0.25) is 0 Å². The maximum Gasteiger partial charge on any atom is 0.160 e. The summed E-state index contributed by atoms with van der Waals surface area (Å²) in [6, 6.07) is 0. The largest absolute Gasteiger partial charge is 0.479 e. The molecule has 0 bridgehead atoms. The predicted octanol–water partition coefficient (Wildman–Crippen LogP) is 8.79. The molecule has 0 amide bonds. The molecule has 1 saturated heterocycles. The van der Waals surface area contributed by atoms with Crippen molar-refractivity contribution in [1.82, 2.24) is 0 Å². The molecule has 0 saturated carbocycles. The van der Waals surface area contributed by atoms with Crippen LogP contribution in [0.1, 0.15) is 155 Å². The van der Waals surface area contributed by atoms with E-state index in [-0.39, 0.29) is 13.2 Å². The number of ether oxygens (including phenoxy) is 3. The molecule has 0 aliphatic carbocycles. The van der Waals surface area contributed by atoms with Gasteiger partial charge in [0.1, 0.15) is 12.2 Å². The highest BCUT2D eigenvalue weighted by atomic mass is 32.1. The van der Waals surface area contributed by atoms with Crippen molar-refractivity contribution in [2.45, 2.75) is 180 Å². The third-order valence-corrected chi connectivity index (χ3v) is 8.36. The van der Waals surface area contributed by atoms with Crippen molar-refractivity contribution in [3.63, 3.8) is 0 Å². The van der Waals surface area contributed by atoms with E-state index in [1.54, 1.807) is 0 Å². The van der Waals surface area contributed by atoms with Crippen LogP contribution < -0.4 is 0 Å². The minimum absolute atomic E-state index is 0.176. The van der Waals surface area contributed by atoms with E-state index in [2.05, 4.69) is 13.8 Å². The number of thiocarbonyl (C=S) groups is 2. The normalized spacial score (nSPS) is 21.1. The topological polar surface area (TPSA) is 68.2 Å². The fraction of sp³-hybridized carbons (Fsp3) is 0.938. The van der Waals surface area contributed by atoms with Gasteiger partial charge >= 0.3 is 0 Å². The summed E-state index contributed by atoms with van der Waals surface area (Å²) in [4.78, 5) is 0. The van der Waals surface area contributed by atoms with Gasteiger partial charge < -0.3 is 24.4 Å². The Morgan fingerprint density at radius 3 is 1.44 bits per heavy atom. The van der Waals surface area contributed by atoms with E-state index in [9.17, 15) is 10.2 Å². The molecule has 7 heteroatoms. The Kier molecular flexibility index (Phi) is 23.9. The first kappa shape index (κ1) is 36.7. The van der Waals surface area contributed by atoms with Gasteiger partial charge in [-0.3, -0.25) is 0 Å². The van der Waals surface area contributed by atoms with Crippen LogP contribution in [0.4, 0.5) is 0 Å². The zero-order chi connectivity index (χ0) is 28.6. The molecule has 1 fully saturated rings. The summed E-state index contributed by atoms with van der Waals surface area (Å²) in [5.41, 5.74) is 0. The first-order valence-corrected chi connectivity index (χ1v) is 17.1. The fourth-order valence-corrected chi connectivity index (χ4v) is 5.72. The van der Waals surface area contributed by atoms with Crippen LogP contribution in [0.5, 0.6) is 0 Å².